The van der Waals surface area contributed by atoms with Gasteiger partial charge in [0.15, 0.2) is 13.2 Å². The monoisotopic (exact) mass is 499 g/mol. The summed E-state index contributed by atoms with van der Waals surface area (Å²) in [6.07, 6.45) is 2.21. The number of benzene rings is 2. The molecule has 1 aliphatic rings. The molecule has 0 aromatic heterocycles. The summed E-state index contributed by atoms with van der Waals surface area (Å²) in [5, 5.41) is 5.41. The van der Waals surface area contributed by atoms with E-state index in [0.717, 1.165) is 0 Å². The summed E-state index contributed by atoms with van der Waals surface area (Å²) in [5.74, 6) is -0.975. The summed E-state index contributed by atoms with van der Waals surface area (Å²) in [7, 11) is 0. The van der Waals surface area contributed by atoms with Crippen molar-refractivity contribution >= 4 is 46.8 Å². The van der Waals surface area contributed by atoms with E-state index in [1.807, 2.05) is 12.3 Å². The van der Waals surface area contributed by atoms with Crippen LogP contribution in [0.2, 0.25) is 0 Å². The third kappa shape index (κ3) is 6.54. The van der Waals surface area contributed by atoms with E-state index in [4.69, 9.17) is 9.47 Å². The van der Waals surface area contributed by atoms with Crippen LogP contribution in [0.1, 0.15) is 20.3 Å². The van der Waals surface area contributed by atoms with Crippen LogP contribution < -0.4 is 20.3 Å². The summed E-state index contributed by atoms with van der Waals surface area (Å²) >= 11 is 1.51. The maximum absolute atomic E-state index is 13.1. The molecule has 10 heteroatoms. The number of rotatable bonds is 10. The normalized spacial score (nSPS) is 14.8. The number of amides is 3. The molecule has 1 atom stereocenters. The lowest BCUT2D eigenvalue weighted by Gasteiger charge is -2.41. The van der Waals surface area contributed by atoms with Gasteiger partial charge in [0, 0.05) is 0 Å². The number of ether oxygens (including phenoxy) is 2. The van der Waals surface area contributed by atoms with Gasteiger partial charge >= 0.3 is 5.97 Å². The zero-order valence-electron chi connectivity index (χ0n) is 19.9. The number of carbonyl (C=O) groups is 4. The highest BCUT2D eigenvalue weighted by atomic mass is 32.2. The Morgan fingerprint density at radius 1 is 1.06 bits per heavy atom. The zero-order chi connectivity index (χ0) is 25.4. The van der Waals surface area contributed by atoms with E-state index in [9.17, 15) is 19.2 Å². The topological polar surface area (TPSA) is 114 Å². The first-order valence-corrected chi connectivity index (χ1v) is 12.5. The highest BCUT2D eigenvalue weighted by Gasteiger charge is 2.43. The van der Waals surface area contributed by atoms with Crippen LogP contribution in [0, 0.1) is 0 Å². The first kappa shape index (κ1) is 26.1. The molecule has 3 amide bonds. The van der Waals surface area contributed by atoms with Gasteiger partial charge in [-0.2, -0.15) is 11.8 Å². The Balaban J connectivity index is 1.62. The molecular weight excluding hydrogens is 470 g/mol. The van der Waals surface area contributed by atoms with Crippen molar-refractivity contribution in [3.8, 4) is 5.75 Å². The number of esters is 1. The molecule has 0 aliphatic carbocycles. The number of para-hydroxylation sites is 3. The van der Waals surface area contributed by atoms with Crippen molar-refractivity contribution in [2.24, 2.45) is 0 Å². The molecule has 3 rings (SSSR count). The Labute approximate surface area is 208 Å². The van der Waals surface area contributed by atoms with Crippen LogP contribution in [0.25, 0.3) is 0 Å². The molecule has 0 radical (unpaired) electrons. The average Bonchev–Trinajstić information content (AvgIpc) is 2.85. The van der Waals surface area contributed by atoms with Crippen LogP contribution in [-0.4, -0.2) is 60.5 Å². The Kier molecular flexibility index (Phi) is 8.75. The molecule has 0 spiro atoms. The maximum atomic E-state index is 13.1. The van der Waals surface area contributed by atoms with Gasteiger partial charge in [0.05, 0.1) is 11.4 Å². The Morgan fingerprint density at radius 2 is 1.74 bits per heavy atom. The SMILES string of the molecule is CSCCC(NC(=O)COc1ccccc1)C(=O)OCC(=O)N1c2ccccc2NC(=O)C1(C)C. The van der Waals surface area contributed by atoms with Crippen LogP contribution in [0.15, 0.2) is 54.6 Å². The van der Waals surface area contributed by atoms with Crippen LogP contribution >= 0.6 is 11.8 Å². The third-order valence-electron chi connectivity index (χ3n) is 5.44. The minimum absolute atomic E-state index is 0.264. The van der Waals surface area contributed by atoms with Crippen molar-refractivity contribution in [3.63, 3.8) is 0 Å². The second-order valence-electron chi connectivity index (χ2n) is 8.37. The molecule has 9 nitrogen and oxygen atoms in total. The summed E-state index contributed by atoms with van der Waals surface area (Å²) in [5.41, 5.74) is -0.164. The van der Waals surface area contributed by atoms with Crippen LogP contribution in [0.4, 0.5) is 11.4 Å². The number of carbonyl (C=O) groups excluding carboxylic acids is 4. The van der Waals surface area contributed by atoms with Crippen molar-refractivity contribution in [2.75, 3.05) is 35.4 Å². The molecular formula is C25H29N3O6S. The molecule has 1 heterocycles. The van der Waals surface area contributed by atoms with E-state index in [-0.39, 0.29) is 12.5 Å². The molecule has 2 N–H and O–H groups in total. The molecule has 35 heavy (non-hydrogen) atoms. The van der Waals surface area contributed by atoms with Gasteiger partial charge in [-0.15, -0.1) is 0 Å². The Morgan fingerprint density at radius 3 is 2.46 bits per heavy atom. The minimum Gasteiger partial charge on any atom is -0.484 e. The smallest absolute Gasteiger partial charge is 0.329 e. The highest BCUT2D eigenvalue weighted by Crippen LogP contribution is 2.36. The van der Waals surface area contributed by atoms with E-state index in [2.05, 4.69) is 10.6 Å². The van der Waals surface area contributed by atoms with E-state index in [0.29, 0.717) is 29.3 Å². The number of hydrogen-bond acceptors (Lipinski definition) is 7. The second-order valence-corrected chi connectivity index (χ2v) is 9.36. The summed E-state index contributed by atoms with van der Waals surface area (Å²) < 4.78 is 10.7. The Bertz CT molecular complexity index is 1080. The maximum Gasteiger partial charge on any atom is 0.329 e. The summed E-state index contributed by atoms with van der Waals surface area (Å²) in [6, 6.07) is 14.8. The molecule has 186 valence electrons. The number of nitrogens with one attached hydrogen (secondary N) is 2. The van der Waals surface area contributed by atoms with E-state index in [1.165, 1.54) is 16.7 Å². The minimum atomic E-state index is -1.18. The Hall–Kier alpha value is -3.53. The number of hydrogen-bond donors (Lipinski definition) is 2. The van der Waals surface area contributed by atoms with Crippen molar-refractivity contribution in [1.82, 2.24) is 5.32 Å². The van der Waals surface area contributed by atoms with Crippen molar-refractivity contribution in [2.45, 2.75) is 31.8 Å². The van der Waals surface area contributed by atoms with E-state index in [1.54, 1.807) is 62.4 Å². The number of thioether (sulfide) groups is 1. The lowest BCUT2D eigenvalue weighted by molar-refractivity contribution is -0.151. The first-order valence-electron chi connectivity index (χ1n) is 11.1. The number of anilines is 2. The van der Waals surface area contributed by atoms with Crippen molar-refractivity contribution < 1.29 is 28.7 Å². The molecule has 2 aromatic carbocycles. The van der Waals surface area contributed by atoms with Gasteiger partial charge in [0.1, 0.15) is 17.3 Å². The number of fused-ring (bicyclic) bond motifs is 1. The van der Waals surface area contributed by atoms with E-state index < -0.39 is 36.0 Å². The standard InChI is InChI=1S/C25H29N3O6S/c1-25(2)24(32)27-18-11-7-8-12-20(18)28(25)22(30)16-34-23(31)19(13-14-35-3)26-21(29)15-33-17-9-5-4-6-10-17/h4-12,19H,13-16H2,1-3H3,(H,26,29)(H,27,32). The van der Waals surface area contributed by atoms with Gasteiger partial charge in [-0.05, 0) is 56.5 Å². The largest absolute Gasteiger partial charge is 0.484 e. The first-order chi connectivity index (χ1) is 16.7. The van der Waals surface area contributed by atoms with Gasteiger partial charge in [-0.1, -0.05) is 30.3 Å². The third-order valence-corrected chi connectivity index (χ3v) is 6.08. The second kappa shape index (κ2) is 11.7. The lowest BCUT2D eigenvalue weighted by atomic mass is 9.96. The number of nitrogens with zero attached hydrogens (tertiary/aromatic N) is 1. The van der Waals surface area contributed by atoms with Gasteiger partial charge in [-0.25, -0.2) is 4.79 Å². The summed E-state index contributed by atoms with van der Waals surface area (Å²) in [4.78, 5) is 52.2. The predicted octanol–water partition coefficient (Wildman–Crippen LogP) is 2.61. The fourth-order valence-electron chi connectivity index (χ4n) is 3.58. The lowest BCUT2D eigenvalue weighted by Crippen LogP contribution is -2.59. The molecule has 0 fully saturated rings. The van der Waals surface area contributed by atoms with Crippen LogP contribution in [0.5, 0.6) is 5.75 Å². The fourth-order valence-corrected chi connectivity index (χ4v) is 4.05. The molecule has 1 aliphatic heterocycles. The molecule has 0 saturated heterocycles. The van der Waals surface area contributed by atoms with Gasteiger partial charge in [0.25, 0.3) is 11.8 Å². The molecule has 0 saturated carbocycles. The molecule has 2 aromatic rings. The van der Waals surface area contributed by atoms with Crippen LogP contribution in [-0.2, 0) is 23.9 Å². The van der Waals surface area contributed by atoms with Crippen molar-refractivity contribution in [3.05, 3.63) is 54.6 Å². The quantitative estimate of drug-likeness (QED) is 0.483. The van der Waals surface area contributed by atoms with Crippen LogP contribution in [0.3, 0.4) is 0 Å². The summed E-state index contributed by atoms with van der Waals surface area (Å²) in [6.45, 7) is 2.40. The average molecular weight is 500 g/mol. The van der Waals surface area contributed by atoms with E-state index >= 15 is 0 Å². The predicted molar refractivity (Wildman–Crippen MR) is 134 cm³/mol. The highest BCUT2D eigenvalue weighted by molar-refractivity contribution is 7.98. The molecule has 0 bridgehead atoms. The van der Waals surface area contributed by atoms with Gasteiger partial charge in [0.2, 0.25) is 5.91 Å². The van der Waals surface area contributed by atoms with Crippen molar-refractivity contribution in [1.29, 1.82) is 0 Å². The molecule has 1 unspecified atom stereocenters. The van der Waals surface area contributed by atoms with Gasteiger partial charge in [-0.3, -0.25) is 19.3 Å². The zero-order valence-corrected chi connectivity index (χ0v) is 20.7. The van der Waals surface area contributed by atoms with Gasteiger partial charge < -0.3 is 20.1 Å². The fraction of sp³-hybridized carbons (Fsp3) is 0.360.